The van der Waals surface area contributed by atoms with Crippen molar-refractivity contribution in [2.75, 3.05) is 29.9 Å². The van der Waals surface area contributed by atoms with Crippen molar-refractivity contribution in [2.24, 2.45) is 5.92 Å². The standard InChI is InChI=1S/C23H25N3O3/c27-15-16-9-11-26(12-10-16)21-8-4-3-7-20(21)24-22(28)14-18-13-17-5-1-2-6-19(17)25-23(18)29/h1-8,13,16,27H,9-12,14-15H2,(H,24,28)(H,25,29). The van der Waals surface area contributed by atoms with Crippen LogP contribution in [0.3, 0.4) is 0 Å². The van der Waals surface area contributed by atoms with Gasteiger partial charge in [0.1, 0.15) is 0 Å². The number of hydrogen-bond acceptors (Lipinski definition) is 4. The highest BCUT2D eigenvalue weighted by Gasteiger charge is 2.21. The van der Waals surface area contributed by atoms with E-state index in [1.54, 1.807) is 6.07 Å². The van der Waals surface area contributed by atoms with Crippen LogP contribution >= 0.6 is 0 Å². The van der Waals surface area contributed by atoms with Gasteiger partial charge in [-0.25, -0.2) is 0 Å². The molecular formula is C23H25N3O3. The number of nitrogens with one attached hydrogen (secondary N) is 2. The summed E-state index contributed by atoms with van der Waals surface area (Å²) in [4.78, 5) is 30.1. The summed E-state index contributed by atoms with van der Waals surface area (Å²) in [6.45, 7) is 1.93. The Hall–Kier alpha value is -3.12. The van der Waals surface area contributed by atoms with Crippen molar-refractivity contribution in [1.29, 1.82) is 0 Å². The second-order valence-corrected chi connectivity index (χ2v) is 7.57. The SMILES string of the molecule is O=C(Cc1cc2ccccc2[nH]c1=O)Nc1ccccc1N1CCC(CO)CC1. The van der Waals surface area contributed by atoms with Gasteiger partial charge in [-0.15, -0.1) is 0 Å². The third-order valence-electron chi connectivity index (χ3n) is 5.57. The van der Waals surface area contributed by atoms with E-state index in [9.17, 15) is 14.7 Å². The fourth-order valence-corrected chi connectivity index (χ4v) is 3.90. The molecule has 0 bridgehead atoms. The number of amides is 1. The van der Waals surface area contributed by atoms with Crippen molar-refractivity contribution >= 4 is 28.2 Å². The third kappa shape index (κ3) is 4.32. The van der Waals surface area contributed by atoms with Crippen LogP contribution in [0.15, 0.2) is 59.4 Å². The molecule has 150 valence electrons. The van der Waals surface area contributed by atoms with Gasteiger partial charge in [0.25, 0.3) is 5.56 Å². The molecule has 1 aliphatic rings. The Morgan fingerprint density at radius 2 is 1.83 bits per heavy atom. The van der Waals surface area contributed by atoms with Gasteiger partial charge < -0.3 is 20.3 Å². The number of hydrogen-bond donors (Lipinski definition) is 3. The molecule has 1 aromatic heterocycles. The summed E-state index contributed by atoms with van der Waals surface area (Å²) in [5.41, 5.74) is 2.70. The topological polar surface area (TPSA) is 85.4 Å². The van der Waals surface area contributed by atoms with Gasteiger partial charge in [-0.3, -0.25) is 9.59 Å². The van der Waals surface area contributed by atoms with Gasteiger partial charge in [0.2, 0.25) is 5.91 Å². The molecule has 4 rings (SSSR count). The molecule has 0 saturated carbocycles. The highest BCUT2D eigenvalue weighted by molar-refractivity contribution is 5.96. The monoisotopic (exact) mass is 391 g/mol. The van der Waals surface area contributed by atoms with E-state index in [2.05, 4.69) is 15.2 Å². The van der Waals surface area contributed by atoms with E-state index >= 15 is 0 Å². The summed E-state index contributed by atoms with van der Waals surface area (Å²) >= 11 is 0. The average molecular weight is 391 g/mol. The Labute approximate surface area is 169 Å². The number of anilines is 2. The molecular weight excluding hydrogens is 366 g/mol. The molecule has 0 atom stereocenters. The summed E-state index contributed by atoms with van der Waals surface area (Å²) in [5, 5.41) is 13.2. The lowest BCUT2D eigenvalue weighted by atomic mass is 9.97. The minimum atomic E-state index is -0.238. The second kappa shape index (κ2) is 8.49. The van der Waals surface area contributed by atoms with E-state index in [1.165, 1.54) is 0 Å². The van der Waals surface area contributed by atoms with E-state index < -0.39 is 0 Å². The maximum atomic E-state index is 12.7. The van der Waals surface area contributed by atoms with Gasteiger partial charge in [0.05, 0.1) is 17.8 Å². The minimum Gasteiger partial charge on any atom is -0.396 e. The number of piperidine rings is 1. The van der Waals surface area contributed by atoms with Crippen LogP contribution in [0.5, 0.6) is 0 Å². The zero-order valence-electron chi connectivity index (χ0n) is 16.2. The lowest BCUT2D eigenvalue weighted by molar-refractivity contribution is -0.115. The lowest BCUT2D eigenvalue weighted by Gasteiger charge is -2.34. The number of rotatable bonds is 5. The molecule has 1 amide bonds. The summed E-state index contributed by atoms with van der Waals surface area (Å²) in [6, 6.07) is 17.0. The van der Waals surface area contributed by atoms with Crippen molar-refractivity contribution in [1.82, 2.24) is 4.98 Å². The first-order valence-electron chi connectivity index (χ1n) is 9.99. The number of carbonyl (C=O) groups is 1. The molecule has 0 aliphatic carbocycles. The molecule has 2 heterocycles. The summed E-state index contributed by atoms with van der Waals surface area (Å²) in [6.07, 6.45) is 1.89. The molecule has 6 nitrogen and oxygen atoms in total. The molecule has 6 heteroatoms. The largest absolute Gasteiger partial charge is 0.396 e. The number of pyridine rings is 1. The van der Waals surface area contributed by atoms with Crippen molar-refractivity contribution in [3.8, 4) is 0 Å². The Bertz CT molecular complexity index is 1070. The summed E-state index contributed by atoms with van der Waals surface area (Å²) in [5.74, 6) is 0.135. The summed E-state index contributed by atoms with van der Waals surface area (Å²) in [7, 11) is 0. The Morgan fingerprint density at radius 3 is 2.62 bits per heavy atom. The lowest BCUT2D eigenvalue weighted by Crippen LogP contribution is -2.35. The van der Waals surface area contributed by atoms with Crippen LogP contribution in [-0.4, -0.2) is 35.7 Å². The molecule has 3 aromatic rings. The molecule has 1 saturated heterocycles. The Morgan fingerprint density at radius 1 is 1.10 bits per heavy atom. The minimum absolute atomic E-state index is 0.0150. The third-order valence-corrected chi connectivity index (χ3v) is 5.57. The van der Waals surface area contributed by atoms with E-state index in [1.807, 2.05) is 48.5 Å². The first-order valence-corrected chi connectivity index (χ1v) is 9.99. The smallest absolute Gasteiger partial charge is 0.252 e. The maximum Gasteiger partial charge on any atom is 0.252 e. The number of fused-ring (bicyclic) bond motifs is 1. The molecule has 0 radical (unpaired) electrons. The number of aliphatic hydroxyl groups excluding tert-OH is 1. The highest BCUT2D eigenvalue weighted by Crippen LogP contribution is 2.29. The van der Waals surface area contributed by atoms with Gasteiger partial charge in [-0.1, -0.05) is 30.3 Å². The van der Waals surface area contributed by atoms with Gasteiger partial charge in [0, 0.05) is 30.8 Å². The number of carbonyl (C=O) groups excluding carboxylic acids is 1. The van der Waals surface area contributed by atoms with Gasteiger partial charge in [-0.05, 0) is 48.4 Å². The van der Waals surface area contributed by atoms with E-state index in [4.69, 9.17) is 0 Å². The molecule has 3 N–H and O–H groups in total. The highest BCUT2D eigenvalue weighted by atomic mass is 16.3. The van der Waals surface area contributed by atoms with E-state index in [-0.39, 0.29) is 24.5 Å². The van der Waals surface area contributed by atoms with Gasteiger partial charge in [-0.2, -0.15) is 0 Å². The number of para-hydroxylation sites is 3. The summed E-state index contributed by atoms with van der Waals surface area (Å²) < 4.78 is 0. The fraction of sp³-hybridized carbons (Fsp3) is 0.304. The number of nitrogens with zero attached hydrogens (tertiary/aromatic N) is 1. The van der Waals surface area contributed by atoms with Gasteiger partial charge >= 0.3 is 0 Å². The number of aliphatic hydroxyl groups is 1. The van der Waals surface area contributed by atoms with Crippen LogP contribution < -0.4 is 15.8 Å². The van der Waals surface area contributed by atoms with Crippen LogP contribution in [0, 0.1) is 5.92 Å². The molecule has 29 heavy (non-hydrogen) atoms. The maximum absolute atomic E-state index is 12.7. The van der Waals surface area contributed by atoms with Crippen LogP contribution in [0.2, 0.25) is 0 Å². The van der Waals surface area contributed by atoms with Crippen molar-refractivity contribution in [3.63, 3.8) is 0 Å². The Balaban J connectivity index is 1.49. The zero-order chi connectivity index (χ0) is 20.2. The van der Waals surface area contributed by atoms with Crippen molar-refractivity contribution < 1.29 is 9.90 Å². The molecule has 0 spiro atoms. The van der Waals surface area contributed by atoms with Crippen LogP contribution in [0.1, 0.15) is 18.4 Å². The second-order valence-electron chi connectivity index (χ2n) is 7.57. The number of benzene rings is 2. The first-order chi connectivity index (χ1) is 14.1. The molecule has 1 fully saturated rings. The Kier molecular flexibility index (Phi) is 5.62. The number of aromatic amines is 1. The predicted molar refractivity (Wildman–Crippen MR) is 115 cm³/mol. The molecule has 1 aliphatic heterocycles. The first kappa shape index (κ1) is 19.2. The van der Waals surface area contributed by atoms with Crippen molar-refractivity contribution in [2.45, 2.75) is 19.3 Å². The molecule has 2 aromatic carbocycles. The van der Waals surface area contributed by atoms with Crippen LogP contribution in [0.4, 0.5) is 11.4 Å². The fourth-order valence-electron chi connectivity index (χ4n) is 3.90. The zero-order valence-corrected chi connectivity index (χ0v) is 16.2. The number of aromatic nitrogens is 1. The van der Waals surface area contributed by atoms with Gasteiger partial charge in [0.15, 0.2) is 0 Å². The average Bonchev–Trinajstić information content (AvgIpc) is 2.75. The normalized spacial score (nSPS) is 14.9. The van der Waals surface area contributed by atoms with Crippen molar-refractivity contribution in [3.05, 3.63) is 70.5 Å². The quantitative estimate of drug-likeness (QED) is 0.624. The number of H-pyrrole nitrogens is 1. The predicted octanol–water partition coefficient (Wildman–Crippen LogP) is 2.92. The van der Waals surface area contributed by atoms with E-state index in [0.29, 0.717) is 11.5 Å². The van der Waals surface area contributed by atoms with E-state index in [0.717, 1.165) is 48.2 Å². The van der Waals surface area contributed by atoms with Crippen LogP contribution in [0.25, 0.3) is 10.9 Å². The molecule has 0 unspecified atom stereocenters. The van der Waals surface area contributed by atoms with Crippen LogP contribution in [-0.2, 0) is 11.2 Å².